The Morgan fingerprint density at radius 3 is 2.03 bits per heavy atom. The minimum atomic E-state index is -1.24. The fourth-order valence-electron chi connectivity index (χ4n) is 8.22. The first-order valence-corrected chi connectivity index (χ1v) is 21.6. The summed E-state index contributed by atoms with van der Waals surface area (Å²) in [6.07, 6.45) is -3.62. The number of ketones is 1. The molecule has 2 aliphatic rings. The Hall–Kier alpha value is -5.47. The third-order valence-electron chi connectivity index (χ3n) is 11.6. The van der Waals surface area contributed by atoms with Crippen molar-refractivity contribution in [1.29, 1.82) is 0 Å². The number of benzene rings is 4. The van der Waals surface area contributed by atoms with Crippen LogP contribution in [0.2, 0.25) is 0 Å². The van der Waals surface area contributed by atoms with Crippen LogP contribution in [0, 0.1) is 18.8 Å². The average Bonchev–Trinajstić information content (AvgIpc) is 3.92. The summed E-state index contributed by atoms with van der Waals surface area (Å²) >= 11 is 0. The highest BCUT2D eigenvalue weighted by atomic mass is 16.7. The van der Waals surface area contributed by atoms with Gasteiger partial charge in [-0.15, -0.1) is 0 Å². The van der Waals surface area contributed by atoms with Crippen LogP contribution in [-0.4, -0.2) is 91.5 Å². The number of imide groups is 1. The molecule has 63 heavy (non-hydrogen) atoms. The number of amides is 2. The largest absolute Gasteiger partial charge is 0.457 e. The van der Waals surface area contributed by atoms with E-state index in [1.54, 1.807) is 6.07 Å². The maximum Gasteiger partial charge on any atom is 0.417 e. The molecule has 0 radical (unpaired) electrons. The molecular weight excluding hydrogens is 803 g/mol. The lowest BCUT2D eigenvalue weighted by Crippen LogP contribution is -2.61. The third kappa shape index (κ3) is 11.2. The molecule has 4 aromatic carbocycles. The van der Waals surface area contributed by atoms with Crippen molar-refractivity contribution in [3.8, 4) is 11.1 Å². The van der Waals surface area contributed by atoms with Crippen LogP contribution in [0.5, 0.6) is 0 Å². The number of carbonyl (C=O) groups is 3. The van der Waals surface area contributed by atoms with Crippen LogP contribution in [0.15, 0.2) is 126 Å². The van der Waals surface area contributed by atoms with Gasteiger partial charge >= 0.3 is 6.09 Å². The Kier molecular flexibility index (Phi) is 15.7. The molecule has 5 aromatic rings. The molecule has 3 heterocycles. The summed E-state index contributed by atoms with van der Waals surface area (Å²) in [6, 6.07) is 37.9. The van der Waals surface area contributed by atoms with E-state index >= 15 is 0 Å². The van der Waals surface area contributed by atoms with Crippen molar-refractivity contribution < 1.29 is 52.3 Å². The molecule has 0 unspecified atom stereocenters. The predicted octanol–water partition coefficient (Wildman–Crippen LogP) is 8.15. The number of nitrogens with zero attached hydrogens (tertiary/aromatic N) is 1. The van der Waals surface area contributed by atoms with Crippen molar-refractivity contribution in [3.63, 3.8) is 0 Å². The summed E-state index contributed by atoms with van der Waals surface area (Å²) in [4.78, 5) is 43.1. The van der Waals surface area contributed by atoms with E-state index in [0.717, 1.165) is 32.7 Å². The van der Waals surface area contributed by atoms with Gasteiger partial charge in [-0.25, -0.2) is 9.69 Å². The highest BCUT2D eigenvalue weighted by Crippen LogP contribution is 2.34. The van der Waals surface area contributed by atoms with E-state index in [1.165, 1.54) is 7.11 Å². The van der Waals surface area contributed by atoms with Gasteiger partial charge in [0.25, 0.3) is 0 Å². The number of rotatable bonds is 20. The summed E-state index contributed by atoms with van der Waals surface area (Å²) in [7, 11) is 1.52. The summed E-state index contributed by atoms with van der Waals surface area (Å²) in [5.41, 5.74) is 5.27. The van der Waals surface area contributed by atoms with Gasteiger partial charge in [-0.2, -0.15) is 0 Å². The molecule has 7 atom stereocenters. The normalized spacial score (nSPS) is 21.7. The molecule has 2 saturated heterocycles. The number of Topliss-reactive ketones (excluding diaryl/α,β-unsaturated/α-hetero) is 1. The first-order valence-electron chi connectivity index (χ1n) is 21.6. The Balaban J connectivity index is 1.13. The topological polar surface area (TPSA) is 143 Å². The summed E-state index contributed by atoms with van der Waals surface area (Å²) in [5, 5.41) is 10.5. The zero-order chi connectivity index (χ0) is 44.3. The highest BCUT2D eigenvalue weighted by Gasteiger charge is 2.49. The van der Waals surface area contributed by atoms with Gasteiger partial charge in [0.1, 0.15) is 42.7 Å². The van der Waals surface area contributed by atoms with Gasteiger partial charge in [-0.05, 0) is 54.0 Å². The molecular formula is C51H57NO11. The predicted molar refractivity (Wildman–Crippen MR) is 235 cm³/mol. The van der Waals surface area contributed by atoms with Crippen LogP contribution in [0.4, 0.5) is 4.79 Å². The number of aliphatic hydroxyl groups is 1. The maximum absolute atomic E-state index is 14.6. The van der Waals surface area contributed by atoms with E-state index in [9.17, 15) is 19.5 Å². The summed E-state index contributed by atoms with van der Waals surface area (Å²) in [5.74, 6) is -1.89. The van der Waals surface area contributed by atoms with Crippen LogP contribution in [-0.2, 0) is 59.3 Å². The minimum absolute atomic E-state index is 0.0216. The lowest BCUT2D eigenvalue weighted by atomic mass is 9.91. The van der Waals surface area contributed by atoms with Gasteiger partial charge < -0.3 is 37.9 Å². The van der Waals surface area contributed by atoms with Crippen LogP contribution in [0.3, 0.4) is 0 Å². The maximum atomic E-state index is 14.6. The van der Waals surface area contributed by atoms with Crippen LogP contribution >= 0.6 is 0 Å². The average molecular weight is 860 g/mol. The molecule has 12 nitrogen and oxygen atoms in total. The van der Waals surface area contributed by atoms with Crippen molar-refractivity contribution in [3.05, 3.63) is 155 Å². The van der Waals surface area contributed by atoms with Crippen molar-refractivity contribution >= 4 is 17.8 Å². The molecule has 332 valence electrons. The molecule has 2 amide bonds. The standard InChI is InChI=1S/C51H57NO11/c1-33(2)41-32-61-51(56)52(41)49(55)40(27-35-17-8-5-9-18-35)45(54)43-28-39(38-23-14-16-34(3)26-38)42(62-43)24-15-25-58-48-47(60-31-37-21-12-7-13-22-37)46(44(29-53)63-50(48)57-4)59-30-36-19-10-6-11-20-36/h5-14,16-23,26,28,33,40-41,44,46-48,50,53H,15,24-25,27,29-32H2,1-4H3/t40-,41+,44-,46-,47+,48+,50+/m1/s1. The number of cyclic esters (lactones) is 1. The second-order valence-electron chi connectivity index (χ2n) is 16.4. The van der Waals surface area contributed by atoms with Crippen LogP contribution in [0.25, 0.3) is 11.1 Å². The number of furan rings is 1. The first-order chi connectivity index (χ1) is 30.6. The number of hydrogen-bond donors (Lipinski definition) is 1. The van der Waals surface area contributed by atoms with E-state index in [-0.39, 0.29) is 51.1 Å². The van der Waals surface area contributed by atoms with Gasteiger partial charge in [0.05, 0.1) is 25.9 Å². The molecule has 12 heteroatoms. The van der Waals surface area contributed by atoms with E-state index in [0.29, 0.717) is 24.2 Å². The molecule has 1 aromatic heterocycles. The first kappa shape index (κ1) is 45.6. The Labute approximate surface area is 369 Å². The van der Waals surface area contributed by atoms with E-state index in [1.807, 2.05) is 136 Å². The fraction of sp³-hybridized carbons (Fsp3) is 0.392. The number of carbonyl (C=O) groups excluding carboxylic acids is 3. The molecule has 2 fully saturated rings. The molecule has 7 rings (SSSR count). The molecule has 0 bridgehead atoms. The zero-order valence-electron chi connectivity index (χ0n) is 36.3. The number of aliphatic hydroxyl groups excluding tert-OH is 1. The Morgan fingerprint density at radius 1 is 0.794 bits per heavy atom. The summed E-state index contributed by atoms with van der Waals surface area (Å²) in [6.45, 7) is 6.31. The van der Waals surface area contributed by atoms with Gasteiger partial charge in [0.2, 0.25) is 11.7 Å². The number of hydrogen-bond acceptors (Lipinski definition) is 11. The second-order valence-corrected chi connectivity index (χ2v) is 16.4. The van der Waals surface area contributed by atoms with Crippen molar-refractivity contribution in [1.82, 2.24) is 4.90 Å². The van der Waals surface area contributed by atoms with Crippen molar-refractivity contribution in [2.45, 2.75) is 90.0 Å². The molecule has 0 aliphatic carbocycles. The molecule has 0 saturated carbocycles. The van der Waals surface area contributed by atoms with Gasteiger partial charge in [0, 0.05) is 25.7 Å². The number of methoxy groups -OCH3 is 1. The fourth-order valence-corrected chi connectivity index (χ4v) is 8.22. The van der Waals surface area contributed by atoms with Gasteiger partial charge in [0.15, 0.2) is 12.1 Å². The molecule has 0 spiro atoms. The van der Waals surface area contributed by atoms with E-state index in [4.69, 9.17) is 32.8 Å². The number of ether oxygens (including phenoxy) is 6. The van der Waals surface area contributed by atoms with Crippen LogP contribution in [0.1, 0.15) is 58.8 Å². The summed E-state index contributed by atoms with van der Waals surface area (Å²) < 4.78 is 43.5. The highest BCUT2D eigenvalue weighted by molar-refractivity contribution is 6.12. The lowest BCUT2D eigenvalue weighted by molar-refractivity contribution is -0.319. The zero-order valence-corrected chi connectivity index (χ0v) is 36.3. The van der Waals surface area contributed by atoms with Crippen LogP contribution < -0.4 is 0 Å². The Bertz CT molecular complexity index is 2250. The van der Waals surface area contributed by atoms with Crippen molar-refractivity contribution in [2.24, 2.45) is 11.8 Å². The SMILES string of the molecule is CO[C@H]1O[C@H](CO)[C@@H](OCc2ccccc2)[C@H](OCc2ccccc2)[C@@H]1OCCCc1oc(C(=O)[C@@H](Cc2ccccc2)C(=O)N2C(=O)OC[C@H]2C(C)C)cc1-c1cccc(C)c1. The third-order valence-corrected chi connectivity index (χ3v) is 11.6. The number of aryl methyl sites for hydroxylation is 2. The monoisotopic (exact) mass is 859 g/mol. The smallest absolute Gasteiger partial charge is 0.417 e. The lowest BCUT2D eigenvalue weighted by Gasteiger charge is -2.45. The van der Waals surface area contributed by atoms with E-state index in [2.05, 4.69) is 0 Å². The van der Waals surface area contributed by atoms with Gasteiger partial charge in [-0.1, -0.05) is 135 Å². The van der Waals surface area contributed by atoms with E-state index < -0.39 is 60.4 Å². The van der Waals surface area contributed by atoms with Crippen molar-refractivity contribution in [2.75, 3.05) is 26.9 Å². The minimum Gasteiger partial charge on any atom is -0.457 e. The second kappa shape index (κ2) is 21.7. The molecule has 1 N–H and O–H groups in total. The Morgan fingerprint density at radius 2 is 1.43 bits per heavy atom. The molecule has 2 aliphatic heterocycles. The quantitative estimate of drug-likeness (QED) is 0.0460. The van der Waals surface area contributed by atoms with Gasteiger partial charge in [-0.3, -0.25) is 9.59 Å².